The molecule has 0 saturated carbocycles. The second-order valence-electron chi connectivity index (χ2n) is 6.06. The maximum Gasteiger partial charge on any atom is 0.274 e. The third-order valence-electron chi connectivity index (χ3n) is 3.91. The van der Waals surface area contributed by atoms with Gasteiger partial charge in [-0.25, -0.2) is 9.97 Å². The third-order valence-corrected chi connectivity index (χ3v) is 3.91. The van der Waals surface area contributed by atoms with E-state index in [0.29, 0.717) is 34.1 Å². The summed E-state index contributed by atoms with van der Waals surface area (Å²) in [7, 11) is 0. The number of hydrogen-bond donors (Lipinski definition) is 2. The molecule has 0 fully saturated rings. The molecule has 0 saturated heterocycles. The summed E-state index contributed by atoms with van der Waals surface area (Å²) in [6, 6.07) is 17.3. The van der Waals surface area contributed by atoms with Crippen molar-refractivity contribution < 1.29 is 9.59 Å². The Balaban J connectivity index is 1.85. The molecule has 3 rings (SSSR count). The Morgan fingerprint density at radius 3 is 2.57 bits per heavy atom. The molecule has 0 bridgehead atoms. The van der Waals surface area contributed by atoms with E-state index in [9.17, 15) is 14.9 Å². The van der Waals surface area contributed by atoms with Crippen molar-refractivity contribution in [3.8, 4) is 6.07 Å². The van der Waals surface area contributed by atoms with E-state index in [0.717, 1.165) is 0 Å². The highest BCUT2D eigenvalue weighted by atomic mass is 16.2. The predicted molar refractivity (Wildman–Crippen MR) is 106 cm³/mol. The fraction of sp³-hybridized carbons (Fsp3) is 0.0952. The first-order valence-electron chi connectivity index (χ1n) is 8.50. The summed E-state index contributed by atoms with van der Waals surface area (Å²) in [5.74, 6) is 0.291. The highest BCUT2D eigenvalue weighted by molar-refractivity contribution is 6.04. The number of ketones is 1. The van der Waals surface area contributed by atoms with Crippen LogP contribution in [-0.2, 0) is 0 Å². The van der Waals surface area contributed by atoms with Gasteiger partial charge >= 0.3 is 0 Å². The van der Waals surface area contributed by atoms with Gasteiger partial charge in [0.1, 0.15) is 23.4 Å². The average molecular weight is 371 g/mol. The number of hydrogen-bond acceptors (Lipinski definition) is 6. The number of rotatable bonds is 5. The Kier molecular flexibility index (Phi) is 5.42. The molecule has 28 heavy (non-hydrogen) atoms. The van der Waals surface area contributed by atoms with Crippen LogP contribution >= 0.6 is 0 Å². The number of para-hydroxylation sites is 1. The number of nitriles is 1. The van der Waals surface area contributed by atoms with Crippen LogP contribution in [-0.4, -0.2) is 21.7 Å². The molecule has 0 aliphatic rings. The second-order valence-corrected chi connectivity index (χ2v) is 6.06. The van der Waals surface area contributed by atoms with Gasteiger partial charge in [-0.1, -0.05) is 24.3 Å². The highest BCUT2D eigenvalue weighted by Crippen LogP contribution is 2.20. The van der Waals surface area contributed by atoms with Gasteiger partial charge in [-0.2, -0.15) is 5.26 Å². The lowest BCUT2D eigenvalue weighted by molar-refractivity contribution is 0.100. The summed E-state index contributed by atoms with van der Waals surface area (Å²) in [6.07, 6.45) is 0. The van der Waals surface area contributed by atoms with Crippen LogP contribution in [0.1, 0.15) is 39.2 Å². The number of Topliss-reactive ketones (excluding diaryl/α,β-unsaturated/α-hetero) is 1. The molecule has 0 aliphatic carbocycles. The fourth-order valence-electron chi connectivity index (χ4n) is 2.59. The molecule has 7 nitrogen and oxygen atoms in total. The standard InChI is InChI=1S/C21H17N5O2/c1-13(27)15-7-5-8-17(10-15)25-21(28)19-11-20(24-14(2)23-19)26-18-9-4-3-6-16(18)12-22/h3-11H,1-2H3,(H,25,28)(H,23,24,26). The summed E-state index contributed by atoms with van der Waals surface area (Å²) in [6.45, 7) is 3.14. The van der Waals surface area contributed by atoms with Crippen molar-refractivity contribution in [2.75, 3.05) is 10.6 Å². The molecule has 0 spiro atoms. The lowest BCUT2D eigenvalue weighted by atomic mass is 10.1. The van der Waals surface area contributed by atoms with E-state index < -0.39 is 5.91 Å². The molecule has 1 aromatic heterocycles. The molecule has 0 unspecified atom stereocenters. The fourth-order valence-corrected chi connectivity index (χ4v) is 2.59. The van der Waals surface area contributed by atoms with E-state index in [4.69, 9.17) is 0 Å². The normalized spacial score (nSPS) is 10.0. The lowest BCUT2D eigenvalue weighted by Crippen LogP contribution is -2.15. The largest absolute Gasteiger partial charge is 0.339 e. The van der Waals surface area contributed by atoms with Crippen molar-refractivity contribution in [3.05, 3.63) is 77.2 Å². The summed E-state index contributed by atoms with van der Waals surface area (Å²) < 4.78 is 0. The molecule has 3 aromatic rings. The molecule has 0 atom stereocenters. The Labute approximate surface area is 162 Å². The monoisotopic (exact) mass is 371 g/mol. The molecule has 138 valence electrons. The van der Waals surface area contributed by atoms with Crippen LogP contribution in [0, 0.1) is 18.3 Å². The molecule has 0 radical (unpaired) electrons. The topological polar surface area (TPSA) is 108 Å². The van der Waals surface area contributed by atoms with Crippen molar-refractivity contribution in [2.45, 2.75) is 13.8 Å². The van der Waals surface area contributed by atoms with E-state index in [1.807, 2.05) is 0 Å². The predicted octanol–water partition coefficient (Wildman–Crippen LogP) is 3.86. The maximum absolute atomic E-state index is 12.6. The van der Waals surface area contributed by atoms with Gasteiger partial charge < -0.3 is 10.6 Å². The molecule has 1 amide bonds. The van der Waals surface area contributed by atoms with Crippen LogP contribution < -0.4 is 10.6 Å². The zero-order valence-electron chi connectivity index (χ0n) is 15.4. The number of aromatic nitrogens is 2. The van der Waals surface area contributed by atoms with E-state index in [1.54, 1.807) is 55.5 Å². The van der Waals surface area contributed by atoms with E-state index in [2.05, 4.69) is 26.7 Å². The number of nitrogens with zero attached hydrogens (tertiary/aromatic N) is 3. The van der Waals surface area contributed by atoms with Crippen LogP contribution in [0.25, 0.3) is 0 Å². The van der Waals surface area contributed by atoms with E-state index >= 15 is 0 Å². The minimum Gasteiger partial charge on any atom is -0.339 e. The average Bonchev–Trinajstić information content (AvgIpc) is 2.68. The van der Waals surface area contributed by atoms with Gasteiger partial charge in [0.25, 0.3) is 5.91 Å². The van der Waals surface area contributed by atoms with Crippen molar-refractivity contribution in [1.82, 2.24) is 9.97 Å². The van der Waals surface area contributed by atoms with Gasteiger partial charge in [0, 0.05) is 17.3 Å². The van der Waals surface area contributed by atoms with Crippen LogP contribution in [0.5, 0.6) is 0 Å². The molecular weight excluding hydrogens is 354 g/mol. The third kappa shape index (κ3) is 4.37. The molecule has 2 aromatic carbocycles. The smallest absolute Gasteiger partial charge is 0.274 e. The summed E-state index contributed by atoms with van der Waals surface area (Å²) in [5, 5.41) is 15.0. The van der Waals surface area contributed by atoms with Crippen LogP contribution in [0.15, 0.2) is 54.6 Å². The number of nitrogens with one attached hydrogen (secondary N) is 2. The van der Waals surface area contributed by atoms with Gasteiger partial charge in [0.05, 0.1) is 11.3 Å². The number of amides is 1. The molecule has 7 heteroatoms. The first kappa shape index (κ1) is 18.7. The van der Waals surface area contributed by atoms with Gasteiger partial charge in [0.2, 0.25) is 0 Å². The number of anilines is 3. The van der Waals surface area contributed by atoms with Gasteiger partial charge in [0.15, 0.2) is 5.78 Å². The van der Waals surface area contributed by atoms with Crippen molar-refractivity contribution in [3.63, 3.8) is 0 Å². The van der Waals surface area contributed by atoms with Gasteiger partial charge in [-0.05, 0) is 38.1 Å². The lowest BCUT2D eigenvalue weighted by Gasteiger charge is -2.10. The van der Waals surface area contributed by atoms with Crippen molar-refractivity contribution in [2.24, 2.45) is 0 Å². The molecule has 0 aliphatic heterocycles. The number of carbonyl (C=O) groups is 2. The SMILES string of the molecule is CC(=O)c1cccc(NC(=O)c2cc(Nc3ccccc3C#N)nc(C)n2)c1. The number of aryl methyl sites for hydroxylation is 1. The van der Waals surface area contributed by atoms with E-state index in [-0.39, 0.29) is 11.5 Å². The molecule has 1 heterocycles. The molecule has 2 N–H and O–H groups in total. The highest BCUT2D eigenvalue weighted by Gasteiger charge is 2.13. The summed E-state index contributed by atoms with van der Waals surface area (Å²) >= 11 is 0. The first-order chi connectivity index (χ1) is 13.5. The zero-order valence-corrected chi connectivity index (χ0v) is 15.4. The minimum absolute atomic E-state index is 0.0865. The van der Waals surface area contributed by atoms with Crippen molar-refractivity contribution in [1.29, 1.82) is 5.26 Å². The first-order valence-corrected chi connectivity index (χ1v) is 8.50. The summed E-state index contributed by atoms with van der Waals surface area (Å²) in [4.78, 5) is 32.6. The zero-order chi connectivity index (χ0) is 20.1. The van der Waals surface area contributed by atoms with Gasteiger partial charge in [-0.3, -0.25) is 9.59 Å². The van der Waals surface area contributed by atoms with E-state index in [1.165, 1.54) is 13.0 Å². The van der Waals surface area contributed by atoms with Gasteiger partial charge in [-0.15, -0.1) is 0 Å². The Hall–Kier alpha value is -4.05. The van der Waals surface area contributed by atoms with Crippen LogP contribution in [0.2, 0.25) is 0 Å². The summed E-state index contributed by atoms with van der Waals surface area (Å²) in [5.41, 5.74) is 2.22. The Bertz CT molecular complexity index is 1100. The maximum atomic E-state index is 12.6. The second kappa shape index (κ2) is 8.10. The molecular formula is C21H17N5O2. The number of benzene rings is 2. The van der Waals surface area contributed by atoms with Crippen LogP contribution in [0.4, 0.5) is 17.2 Å². The Morgan fingerprint density at radius 2 is 1.82 bits per heavy atom. The minimum atomic E-state index is -0.428. The Morgan fingerprint density at radius 1 is 1.04 bits per heavy atom. The van der Waals surface area contributed by atoms with Crippen LogP contribution in [0.3, 0.4) is 0 Å². The van der Waals surface area contributed by atoms with Crippen molar-refractivity contribution >= 4 is 28.9 Å². The quantitative estimate of drug-likeness (QED) is 0.660. The number of carbonyl (C=O) groups excluding carboxylic acids is 2.